The van der Waals surface area contributed by atoms with Gasteiger partial charge in [0.15, 0.2) is 0 Å². The molecule has 7 heteroatoms. The highest BCUT2D eigenvalue weighted by molar-refractivity contribution is 5.82. The maximum atomic E-state index is 11.7. The number of aliphatic carboxylic acids is 1. The average molecular weight is 295 g/mol. The van der Waals surface area contributed by atoms with Gasteiger partial charge in [0.25, 0.3) is 0 Å². The molecule has 0 saturated heterocycles. The number of ether oxygens (including phenoxy) is 1. The number of amides is 2. The molecule has 116 valence electrons. The van der Waals surface area contributed by atoms with Crippen molar-refractivity contribution in [1.82, 2.24) is 15.6 Å². The number of methoxy groups -OCH3 is 1. The van der Waals surface area contributed by atoms with Gasteiger partial charge in [-0.15, -0.1) is 0 Å². The van der Waals surface area contributed by atoms with Crippen LogP contribution in [-0.2, 0) is 16.1 Å². The molecule has 0 bridgehead atoms. The van der Waals surface area contributed by atoms with Crippen LogP contribution >= 0.6 is 0 Å². The fourth-order valence-corrected chi connectivity index (χ4v) is 1.77. The van der Waals surface area contributed by atoms with Crippen molar-refractivity contribution in [3.8, 4) is 0 Å². The third-order valence-corrected chi connectivity index (χ3v) is 3.02. The Balaban J connectivity index is 2.43. The standard InChI is InChI=1S/C14H21N3O4/c1-10-8-15-6-5-11(10)9-16-14(20)17-12(13(18)19)4-3-7-21-2/h5-6,8,12H,3-4,7,9H2,1-2H3,(H,18,19)(H2,16,17,20). The predicted octanol–water partition coefficient (Wildman–Crippen LogP) is 1.07. The van der Waals surface area contributed by atoms with Crippen molar-refractivity contribution in [2.45, 2.75) is 32.4 Å². The summed E-state index contributed by atoms with van der Waals surface area (Å²) >= 11 is 0. The van der Waals surface area contributed by atoms with E-state index in [1.165, 1.54) is 0 Å². The molecule has 0 saturated carbocycles. The lowest BCUT2D eigenvalue weighted by atomic mass is 10.1. The van der Waals surface area contributed by atoms with Gasteiger partial charge in [-0.25, -0.2) is 9.59 Å². The van der Waals surface area contributed by atoms with Gasteiger partial charge < -0.3 is 20.5 Å². The lowest BCUT2D eigenvalue weighted by Crippen LogP contribution is -2.45. The monoisotopic (exact) mass is 295 g/mol. The zero-order valence-corrected chi connectivity index (χ0v) is 12.3. The number of pyridine rings is 1. The molecule has 2 amide bonds. The summed E-state index contributed by atoms with van der Waals surface area (Å²) in [5, 5.41) is 14.1. The molecule has 0 fully saturated rings. The smallest absolute Gasteiger partial charge is 0.326 e. The van der Waals surface area contributed by atoms with Crippen LogP contribution in [0.2, 0.25) is 0 Å². The molecule has 3 N–H and O–H groups in total. The first-order chi connectivity index (χ1) is 10.0. The molecule has 1 heterocycles. The number of carboxylic acids is 1. The highest BCUT2D eigenvalue weighted by Gasteiger charge is 2.19. The fraction of sp³-hybridized carbons (Fsp3) is 0.500. The number of rotatable bonds is 8. The van der Waals surface area contributed by atoms with E-state index in [4.69, 9.17) is 9.84 Å². The van der Waals surface area contributed by atoms with Crippen LogP contribution in [0.1, 0.15) is 24.0 Å². The highest BCUT2D eigenvalue weighted by Crippen LogP contribution is 2.04. The molecular weight excluding hydrogens is 274 g/mol. The minimum atomic E-state index is -1.05. The van der Waals surface area contributed by atoms with Crippen molar-refractivity contribution in [3.63, 3.8) is 0 Å². The van der Waals surface area contributed by atoms with Gasteiger partial charge in [0.2, 0.25) is 0 Å². The maximum absolute atomic E-state index is 11.7. The molecule has 1 aromatic rings. The van der Waals surface area contributed by atoms with Gasteiger partial charge in [0.1, 0.15) is 6.04 Å². The van der Waals surface area contributed by atoms with Gasteiger partial charge in [0, 0.05) is 32.7 Å². The van der Waals surface area contributed by atoms with E-state index in [1.807, 2.05) is 13.0 Å². The second kappa shape index (κ2) is 8.91. The predicted molar refractivity (Wildman–Crippen MR) is 76.9 cm³/mol. The van der Waals surface area contributed by atoms with E-state index in [0.717, 1.165) is 11.1 Å². The number of nitrogens with one attached hydrogen (secondary N) is 2. The molecule has 0 aromatic carbocycles. The quantitative estimate of drug-likeness (QED) is 0.623. The van der Waals surface area contributed by atoms with Gasteiger partial charge in [-0.2, -0.15) is 0 Å². The van der Waals surface area contributed by atoms with Gasteiger partial charge in [-0.1, -0.05) is 0 Å². The Morgan fingerprint density at radius 3 is 2.86 bits per heavy atom. The lowest BCUT2D eigenvalue weighted by molar-refractivity contribution is -0.139. The third-order valence-electron chi connectivity index (χ3n) is 3.02. The molecule has 1 aromatic heterocycles. The Kier molecular flexibility index (Phi) is 7.17. The molecule has 0 spiro atoms. The number of hydrogen-bond donors (Lipinski definition) is 3. The zero-order chi connectivity index (χ0) is 15.7. The largest absolute Gasteiger partial charge is 0.480 e. The molecule has 1 rings (SSSR count). The number of carbonyl (C=O) groups is 2. The second-order valence-corrected chi connectivity index (χ2v) is 4.66. The van der Waals surface area contributed by atoms with E-state index in [-0.39, 0.29) is 0 Å². The Morgan fingerprint density at radius 2 is 2.24 bits per heavy atom. The first-order valence-electron chi connectivity index (χ1n) is 6.70. The molecule has 0 aliphatic carbocycles. The summed E-state index contributed by atoms with van der Waals surface area (Å²) in [6, 6.07) is 0.387. The number of urea groups is 1. The van der Waals surface area contributed by atoms with Crippen LogP contribution in [0.15, 0.2) is 18.5 Å². The third kappa shape index (κ3) is 6.22. The van der Waals surface area contributed by atoms with E-state index in [1.54, 1.807) is 19.5 Å². The molecule has 0 aliphatic rings. The van der Waals surface area contributed by atoms with Crippen LogP contribution in [0.4, 0.5) is 4.79 Å². The Labute approximate surface area is 123 Å². The SMILES string of the molecule is COCCCC(NC(=O)NCc1ccncc1C)C(=O)O. The van der Waals surface area contributed by atoms with E-state index in [0.29, 0.717) is 26.0 Å². The molecule has 0 radical (unpaired) electrons. The van der Waals surface area contributed by atoms with E-state index < -0.39 is 18.0 Å². The first kappa shape index (κ1) is 16.9. The highest BCUT2D eigenvalue weighted by atomic mass is 16.5. The normalized spacial score (nSPS) is 11.7. The summed E-state index contributed by atoms with van der Waals surface area (Å²) in [5.74, 6) is -1.05. The summed E-state index contributed by atoms with van der Waals surface area (Å²) in [5.41, 5.74) is 1.90. The topological polar surface area (TPSA) is 101 Å². The molecule has 0 aliphatic heterocycles. The average Bonchev–Trinajstić information content (AvgIpc) is 2.45. The summed E-state index contributed by atoms with van der Waals surface area (Å²) in [7, 11) is 1.55. The van der Waals surface area contributed by atoms with Gasteiger partial charge in [0.05, 0.1) is 0 Å². The molecule has 7 nitrogen and oxygen atoms in total. The lowest BCUT2D eigenvalue weighted by Gasteiger charge is -2.15. The zero-order valence-electron chi connectivity index (χ0n) is 12.3. The first-order valence-corrected chi connectivity index (χ1v) is 6.70. The Hall–Kier alpha value is -2.15. The molecular formula is C14H21N3O4. The van der Waals surface area contributed by atoms with Gasteiger partial charge in [-0.3, -0.25) is 4.98 Å². The van der Waals surface area contributed by atoms with Gasteiger partial charge >= 0.3 is 12.0 Å². The molecule has 1 unspecified atom stereocenters. The molecule has 1 atom stereocenters. The number of carbonyl (C=O) groups excluding carboxylic acids is 1. The van der Waals surface area contributed by atoms with Crippen molar-refractivity contribution >= 4 is 12.0 Å². The fourth-order valence-electron chi connectivity index (χ4n) is 1.77. The Morgan fingerprint density at radius 1 is 1.48 bits per heavy atom. The van der Waals surface area contributed by atoms with Crippen LogP contribution in [0.5, 0.6) is 0 Å². The second-order valence-electron chi connectivity index (χ2n) is 4.66. The van der Waals surface area contributed by atoms with Crippen LogP contribution in [0, 0.1) is 6.92 Å². The van der Waals surface area contributed by atoms with Crippen molar-refractivity contribution in [3.05, 3.63) is 29.6 Å². The maximum Gasteiger partial charge on any atom is 0.326 e. The number of aromatic nitrogens is 1. The molecule has 21 heavy (non-hydrogen) atoms. The van der Waals surface area contributed by atoms with Crippen LogP contribution < -0.4 is 10.6 Å². The van der Waals surface area contributed by atoms with Crippen LogP contribution in [-0.4, -0.2) is 41.8 Å². The van der Waals surface area contributed by atoms with Crippen LogP contribution in [0.3, 0.4) is 0 Å². The van der Waals surface area contributed by atoms with Crippen LogP contribution in [0.25, 0.3) is 0 Å². The van der Waals surface area contributed by atoms with Crippen molar-refractivity contribution in [2.24, 2.45) is 0 Å². The van der Waals surface area contributed by atoms with Crippen molar-refractivity contribution in [2.75, 3.05) is 13.7 Å². The minimum Gasteiger partial charge on any atom is -0.480 e. The number of hydrogen-bond acceptors (Lipinski definition) is 4. The Bertz CT molecular complexity index is 479. The van der Waals surface area contributed by atoms with E-state index >= 15 is 0 Å². The van der Waals surface area contributed by atoms with Crippen molar-refractivity contribution in [1.29, 1.82) is 0 Å². The van der Waals surface area contributed by atoms with E-state index in [9.17, 15) is 9.59 Å². The summed E-state index contributed by atoms with van der Waals surface area (Å²) < 4.78 is 4.87. The summed E-state index contributed by atoms with van der Waals surface area (Å²) in [6.45, 7) is 2.68. The van der Waals surface area contributed by atoms with E-state index in [2.05, 4.69) is 15.6 Å². The number of aryl methyl sites for hydroxylation is 1. The van der Waals surface area contributed by atoms with Crippen molar-refractivity contribution < 1.29 is 19.4 Å². The number of nitrogens with zero attached hydrogens (tertiary/aromatic N) is 1. The summed E-state index contributed by atoms with van der Waals surface area (Å²) in [6.07, 6.45) is 4.24. The number of carboxylic acid groups (broad SMARTS) is 1. The van der Waals surface area contributed by atoms with Gasteiger partial charge in [-0.05, 0) is 37.0 Å². The summed E-state index contributed by atoms with van der Waals surface area (Å²) in [4.78, 5) is 26.8. The minimum absolute atomic E-state index is 0.324.